The summed E-state index contributed by atoms with van der Waals surface area (Å²) in [7, 11) is 0. The van der Waals surface area contributed by atoms with E-state index in [1.807, 2.05) is 0 Å². The molecule has 0 aliphatic carbocycles. The van der Waals surface area contributed by atoms with Gasteiger partial charge >= 0.3 is 0 Å². The predicted molar refractivity (Wildman–Crippen MR) is 60.5 cm³/mol. The summed E-state index contributed by atoms with van der Waals surface area (Å²) in [6, 6.07) is 0.787. The third kappa shape index (κ3) is 1.82. The van der Waals surface area contributed by atoms with Gasteiger partial charge in [0.2, 0.25) is 0 Å². The molecule has 0 bridgehead atoms. The number of nitrogens with zero attached hydrogens (tertiary/aromatic N) is 1. The van der Waals surface area contributed by atoms with Gasteiger partial charge in [-0.3, -0.25) is 4.90 Å². The van der Waals surface area contributed by atoms with E-state index in [1.54, 1.807) is 0 Å². The smallest absolute Gasteiger partial charge is 0.0224 e. The van der Waals surface area contributed by atoms with Gasteiger partial charge in [-0.05, 0) is 52.1 Å². The van der Waals surface area contributed by atoms with Crippen molar-refractivity contribution in [1.82, 2.24) is 10.2 Å². The maximum Gasteiger partial charge on any atom is 0.0224 e. The van der Waals surface area contributed by atoms with Crippen molar-refractivity contribution in [2.45, 2.75) is 51.6 Å². The van der Waals surface area contributed by atoms with E-state index in [1.165, 1.54) is 38.9 Å². The molecule has 2 nitrogen and oxygen atoms in total. The van der Waals surface area contributed by atoms with Gasteiger partial charge in [0.1, 0.15) is 0 Å². The minimum absolute atomic E-state index is 0.398. The molecule has 1 N–H and O–H groups in total. The van der Waals surface area contributed by atoms with Crippen molar-refractivity contribution >= 4 is 0 Å². The van der Waals surface area contributed by atoms with Crippen molar-refractivity contribution in [1.29, 1.82) is 0 Å². The van der Waals surface area contributed by atoms with E-state index >= 15 is 0 Å². The average Bonchev–Trinajstić information content (AvgIpc) is 2.64. The number of hydrogen-bond donors (Lipinski definition) is 1. The highest BCUT2D eigenvalue weighted by atomic mass is 15.2. The van der Waals surface area contributed by atoms with E-state index in [9.17, 15) is 0 Å². The predicted octanol–water partition coefficient (Wildman–Crippen LogP) is 1.86. The molecule has 0 radical (unpaired) electrons. The molecule has 0 aromatic carbocycles. The van der Waals surface area contributed by atoms with Crippen LogP contribution in [0.4, 0.5) is 0 Å². The summed E-state index contributed by atoms with van der Waals surface area (Å²) in [6.07, 6.45) is 4.07. The summed E-state index contributed by atoms with van der Waals surface area (Å²) in [4.78, 5) is 2.67. The van der Waals surface area contributed by atoms with Crippen LogP contribution in [0.2, 0.25) is 0 Å². The van der Waals surface area contributed by atoms with Crippen molar-refractivity contribution in [3.05, 3.63) is 0 Å². The van der Waals surface area contributed by atoms with Gasteiger partial charge in [-0.2, -0.15) is 0 Å². The standard InChI is InChI=1S/C12H24N2/c1-4-12(2,3)14-8-6-10-5-7-13-11(10)9-14/h10-11,13H,4-9H2,1-3H3. The minimum Gasteiger partial charge on any atom is -0.312 e. The number of nitrogens with one attached hydrogen (secondary N) is 1. The summed E-state index contributed by atoms with van der Waals surface area (Å²) in [5.41, 5.74) is 0.398. The van der Waals surface area contributed by atoms with Gasteiger partial charge in [-0.15, -0.1) is 0 Å². The number of hydrogen-bond acceptors (Lipinski definition) is 2. The number of rotatable bonds is 2. The fraction of sp³-hybridized carbons (Fsp3) is 1.00. The third-order valence-corrected chi connectivity index (χ3v) is 4.40. The molecular formula is C12H24N2. The molecular weight excluding hydrogens is 172 g/mol. The zero-order chi connectivity index (χ0) is 10.2. The molecule has 2 rings (SSSR count). The van der Waals surface area contributed by atoms with E-state index < -0.39 is 0 Å². The molecule has 2 aliphatic heterocycles. The van der Waals surface area contributed by atoms with E-state index in [0.717, 1.165) is 12.0 Å². The van der Waals surface area contributed by atoms with Crippen LogP contribution in [0.15, 0.2) is 0 Å². The molecule has 0 aromatic heterocycles. The molecule has 0 spiro atoms. The molecule has 2 saturated heterocycles. The van der Waals surface area contributed by atoms with Crippen LogP contribution in [0.3, 0.4) is 0 Å². The largest absolute Gasteiger partial charge is 0.312 e. The van der Waals surface area contributed by atoms with E-state index in [4.69, 9.17) is 0 Å². The van der Waals surface area contributed by atoms with Crippen molar-refractivity contribution in [2.75, 3.05) is 19.6 Å². The number of fused-ring (bicyclic) bond motifs is 1. The van der Waals surface area contributed by atoms with Gasteiger partial charge in [0, 0.05) is 18.1 Å². The molecule has 2 fully saturated rings. The summed E-state index contributed by atoms with van der Waals surface area (Å²) in [5, 5.41) is 3.64. The molecule has 2 unspecified atom stereocenters. The Morgan fingerprint density at radius 2 is 2.14 bits per heavy atom. The van der Waals surface area contributed by atoms with Gasteiger partial charge in [0.25, 0.3) is 0 Å². The highest BCUT2D eigenvalue weighted by Gasteiger charge is 2.36. The first-order chi connectivity index (χ1) is 6.63. The molecule has 2 heterocycles. The lowest BCUT2D eigenvalue weighted by Crippen LogP contribution is -2.54. The monoisotopic (exact) mass is 196 g/mol. The molecule has 2 heteroatoms. The lowest BCUT2D eigenvalue weighted by atomic mass is 9.88. The molecule has 0 aromatic rings. The fourth-order valence-electron chi connectivity index (χ4n) is 2.80. The van der Waals surface area contributed by atoms with Crippen LogP contribution >= 0.6 is 0 Å². The zero-order valence-electron chi connectivity index (χ0n) is 9.84. The van der Waals surface area contributed by atoms with Crippen LogP contribution in [0, 0.1) is 5.92 Å². The summed E-state index contributed by atoms with van der Waals surface area (Å²) in [5.74, 6) is 0.971. The van der Waals surface area contributed by atoms with Crippen LogP contribution < -0.4 is 5.32 Å². The molecule has 82 valence electrons. The van der Waals surface area contributed by atoms with Crippen LogP contribution in [-0.2, 0) is 0 Å². The first-order valence-corrected chi connectivity index (χ1v) is 6.12. The first-order valence-electron chi connectivity index (χ1n) is 6.12. The second-order valence-corrected chi connectivity index (χ2v) is 5.51. The van der Waals surface area contributed by atoms with E-state index in [0.29, 0.717) is 5.54 Å². The van der Waals surface area contributed by atoms with Gasteiger partial charge in [-0.25, -0.2) is 0 Å². The van der Waals surface area contributed by atoms with Crippen LogP contribution in [0.25, 0.3) is 0 Å². The Hall–Kier alpha value is -0.0800. The Morgan fingerprint density at radius 3 is 2.86 bits per heavy atom. The third-order valence-electron chi connectivity index (χ3n) is 4.40. The average molecular weight is 196 g/mol. The van der Waals surface area contributed by atoms with Gasteiger partial charge in [0.15, 0.2) is 0 Å². The van der Waals surface area contributed by atoms with Crippen molar-refractivity contribution in [2.24, 2.45) is 5.92 Å². The SMILES string of the molecule is CCC(C)(C)N1CCC2CCNC2C1. The second-order valence-electron chi connectivity index (χ2n) is 5.51. The van der Waals surface area contributed by atoms with E-state index in [-0.39, 0.29) is 0 Å². The lowest BCUT2D eigenvalue weighted by Gasteiger charge is -2.44. The molecule has 2 atom stereocenters. The second kappa shape index (κ2) is 3.82. The lowest BCUT2D eigenvalue weighted by molar-refractivity contribution is 0.0620. The summed E-state index contributed by atoms with van der Waals surface area (Å²) >= 11 is 0. The molecule has 0 saturated carbocycles. The van der Waals surface area contributed by atoms with Gasteiger partial charge < -0.3 is 5.32 Å². The number of piperidine rings is 1. The van der Waals surface area contributed by atoms with Crippen LogP contribution in [0.5, 0.6) is 0 Å². The maximum atomic E-state index is 3.64. The molecule has 0 amide bonds. The van der Waals surface area contributed by atoms with Gasteiger partial charge in [0.05, 0.1) is 0 Å². The Balaban J connectivity index is 1.97. The highest BCUT2D eigenvalue weighted by Crippen LogP contribution is 2.30. The molecule has 2 aliphatic rings. The normalized spacial score (nSPS) is 34.5. The maximum absolute atomic E-state index is 3.64. The summed E-state index contributed by atoms with van der Waals surface area (Å²) in [6.45, 7) is 10.9. The Morgan fingerprint density at radius 1 is 1.36 bits per heavy atom. The Kier molecular flexibility index (Phi) is 2.85. The Labute approximate surface area is 88.1 Å². The zero-order valence-corrected chi connectivity index (χ0v) is 9.84. The first kappa shape index (κ1) is 10.4. The summed E-state index contributed by atoms with van der Waals surface area (Å²) < 4.78 is 0. The topological polar surface area (TPSA) is 15.3 Å². The van der Waals surface area contributed by atoms with Gasteiger partial charge in [-0.1, -0.05) is 6.92 Å². The van der Waals surface area contributed by atoms with Crippen LogP contribution in [0.1, 0.15) is 40.0 Å². The van der Waals surface area contributed by atoms with Crippen molar-refractivity contribution < 1.29 is 0 Å². The quantitative estimate of drug-likeness (QED) is 0.725. The molecule has 14 heavy (non-hydrogen) atoms. The van der Waals surface area contributed by atoms with E-state index in [2.05, 4.69) is 31.0 Å². The highest BCUT2D eigenvalue weighted by molar-refractivity contribution is 4.94. The van der Waals surface area contributed by atoms with Crippen LogP contribution in [-0.4, -0.2) is 36.1 Å². The Bertz CT molecular complexity index is 200. The van der Waals surface area contributed by atoms with Crippen molar-refractivity contribution in [3.63, 3.8) is 0 Å². The fourth-order valence-corrected chi connectivity index (χ4v) is 2.80. The van der Waals surface area contributed by atoms with Crippen molar-refractivity contribution in [3.8, 4) is 0 Å². The number of likely N-dealkylation sites (tertiary alicyclic amines) is 1. The minimum atomic E-state index is 0.398.